The van der Waals surface area contributed by atoms with Crippen LogP contribution in [0.2, 0.25) is 0 Å². The highest BCUT2D eigenvalue weighted by Gasteiger charge is 2.00. The van der Waals surface area contributed by atoms with E-state index < -0.39 is 0 Å². The lowest BCUT2D eigenvalue weighted by molar-refractivity contribution is -0.149. The zero-order valence-electron chi connectivity index (χ0n) is 15.1. The Balaban J connectivity index is 3.02. The zero-order chi connectivity index (χ0) is 18.4. The van der Waals surface area contributed by atoms with Gasteiger partial charge in [-0.05, 0) is 6.92 Å². The Labute approximate surface area is 149 Å². The summed E-state index contributed by atoms with van der Waals surface area (Å²) < 4.78 is 36.0. The molecule has 0 heterocycles. The highest BCUT2D eigenvalue weighted by molar-refractivity contribution is 5.70. The minimum Gasteiger partial charge on any atom is -0.464 e. The Morgan fingerprint density at radius 2 is 1.00 bits per heavy atom. The van der Waals surface area contributed by atoms with Crippen LogP contribution in [-0.4, -0.2) is 104 Å². The molecule has 25 heavy (non-hydrogen) atoms. The number of rotatable bonds is 20. The fraction of sp³-hybridized carbons (Fsp3) is 0.938. The molecule has 0 saturated heterocycles. The first-order valence-electron chi connectivity index (χ1n) is 8.54. The average Bonchev–Trinajstić information content (AvgIpc) is 2.61. The van der Waals surface area contributed by atoms with E-state index in [0.717, 1.165) is 0 Å². The lowest BCUT2D eigenvalue weighted by Crippen LogP contribution is -2.16. The molecule has 0 bridgehead atoms. The van der Waals surface area contributed by atoms with E-state index >= 15 is 0 Å². The molecule has 0 atom stereocenters. The molecule has 0 aromatic carbocycles. The summed E-state index contributed by atoms with van der Waals surface area (Å²) in [4.78, 5) is 11.0. The molecule has 0 spiro atoms. The van der Waals surface area contributed by atoms with Crippen molar-refractivity contribution < 1.29 is 43.1 Å². The van der Waals surface area contributed by atoms with Gasteiger partial charge in [0.25, 0.3) is 0 Å². The summed E-state index contributed by atoms with van der Waals surface area (Å²) in [5, 5.41) is 8.50. The normalized spacial score (nSPS) is 11.0. The molecule has 0 aliphatic carbocycles. The zero-order valence-corrected chi connectivity index (χ0v) is 15.1. The molecule has 150 valence electrons. The molecule has 0 unspecified atom stereocenters. The summed E-state index contributed by atoms with van der Waals surface area (Å²) in [6.07, 6.45) is 0. The van der Waals surface area contributed by atoms with Crippen LogP contribution < -0.4 is 0 Å². The summed E-state index contributed by atoms with van der Waals surface area (Å²) in [5.74, 6) is -0.369. The second-order valence-corrected chi connectivity index (χ2v) is 4.64. The van der Waals surface area contributed by atoms with E-state index in [-0.39, 0.29) is 19.2 Å². The second-order valence-electron chi connectivity index (χ2n) is 4.64. The van der Waals surface area contributed by atoms with Gasteiger partial charge in [0.15, 0.2) is 0 Å². The third-order valence-corrected chi connectivity index (χ3v) is 2.62. The summed E-state index contributed by atoms with van der Waals surface area (Å²) in [6.45, 7) is 7.02. The maximum Gasteiger partial charge on any atom is 0.332 e. The Morgan fingerprint density at radius 3 is 1.36 bits per heavy atom. The van der Waals surface area contributed by atoms with Crippen LogP contribution in [-0.2, 0) is 38.0 Å². The van der Waals surface area contributed by atoms with Crippen molar-refractivity contribution in [1.82, 2.24) is 0 Å². The van der Waals surface area contributed by atoms with Crippen LogP contribution in [0.25, 0.3) is 0 Å². The monoisotopic (exact) mass is 368 g/mol. The molecule has 0 amide bonds. The number of hydrogen-bond donors (Lipinski definition) is 1. The van der Waals surface area contributed by atoms with Gasteiger partial charge in [-0.1, -0.05) is 0 Å². The number of esters is 1. The highest BCUT2D eigenvalue weighted by atomic mass is 16.6. The molecule has 0 aliphatic rings. The predicted molar refractivity (Wildman–Crippen MR) is 88.6 cm³/mol. The van der Waals surface area contributed by atoms with Crippen LogP contribution in [0.5, 0.6) is 0 Å². The van der Waals surface area contributed by atoms with Gasteiger partial charge in [-0.2, -0.15) is 0 Å². The van der Waals surface area contributed by atoms with Crippen LogP contribution in [0.15, 0.2) is 0 Å². The summed E-state index contributed by atoms with van der Waals surface area (Å²) in [6, 6.07) is 0. The van der Waals surface area contributed by atoms with E-state index in [1.807, 2.05) is 0 Å². The number of hydrogen-bond acceptors (Lipinski definition) is 9. The van der Waals surface area contributed by atoms with Crippen LogP contribution in [0.3, 0.4) is 0 Å². The SMILES string of the molecule is CCOC(=O)COCCOCCOCCOCCOCCOCCO. The van der Waals surface area contributed by atoms with Crippen LogP contribution in [0.1, 0.15) is 6.92 Å². The van der Waals surface area contributed by atoms with Crippen molar-refractivity contribution in [3.8, 4) is 0 Å². The Hall–Kier alpha value is -0.810. The van der Waals surface area contributed by atoms with Gasteiger partial charge in [0.1, 0.15) is 6.61 Å². The van der Waals surface area contributed by atoms with E-state index in [1.54, 1.807) is 6.92 Å². The van der Waals surface area contributed by atoms with E-state index in [2.05, 4.69) is 0 Å². The molecule has 0 aromatic heterocycles. The Bertz CT molecular complexity index is 276. The predicted octanol–water partition coefficient (Wildman–Crippen LogP) is -0.359. The maximum atomic E-state index is 11.0. The van der Waals surface area contributed by atoms with Crippen LogP contribution >= 0.6 is 0 Å². The van der Waals surface area contributed by atoms with Crippen molar-refractivity contribution in [3.63, 3.8) is 0 Å². The molecule has 0 radical (unpaired) electrons. The summed E-state index contributed by atoms with van der Waals surface area (Å²) >= 11 is 0. The van der Waals surface area contributed by atoms with Crippen LogP contribution in [0.4, 0.5) is 0 Å². The number of carbonyl (C=O) groups is 1. The smallest absolute Gasteiger partial charge is 0.332 e. The standard InChI is InChI=1S/C16H32O9/c1-2-25-16(18)15-24-14-13-23-12-11-22-10-9-21-8-7-20-6-5-19-4-3-17/h17H,2-15H2,1H3. The van der Waals surface area contributed by atoms with E-state index in [1.165, 1.54) is 0 Å². The second kappa shape index (κ2) is 21.2. The van der Waals surface area contributed by atoms with Crippen molar-refractivity contribution in [2.75, 3.05) is 92.5 Å². The van der Waals surface area contributed by atoms with E-state index in [4.69, 9.17) is 38.3 Å². The molecule has 9 heteroatoms. The fourth-order valence-corrected chi connectivity index (χ4v) is 1.52. The van der Waals surface area contributed by atoms with Crippen molar-refractivity contribution >= 4 is 5.97 Å². The van der Waals surface area contributed by atoms with Gasteiger partial charge in [0.05, 0.1) is 85.9 Å². The van der Waals surface area contributed by atoms with Crippen molar-refractivity contribution in [3.05, 3.63) is 0 Å². The molecule has 0 aliphatic heterocycles. The van der Waals surface area contributed by atoms with Crippen molar-refractivity contribution in [1.29, 1.82) is 0 Å². The number of aliphatic hydroxyl groups is 1. The molecule has 0 fully saturated rings. The third-order valence-electron chi connectivity index (χ3n) is 2.62. The summed E-state index contributed by atoms with van der Waals surface area (Å²) in [5.41, 5.74) is 0. The van der Waals surface area contributed by atoms with Gasteiger partial charge in [-0.3, -0.25) is 0 Å². The van der Waals surface area contributed by atoms with Gasteiger partial charge in [0.2, 0.25) is 0 Å². The van der Waals surface area contributed by atoms with Gasteiger partial charge in [0, 0.05) is 0 Å². The molecule has 0 rings (SSSR count). The molecule has 0 aromatic rings. The quantitative estimate of drug-likeness (QED) is 0.228. The van der Waals surface area contributed by atoms with Gasteiger partial charge >= 0.3 is 5.97 Å². The molecular weight excluding hydrogens is 336 g/mol. The van der Waals surface area contributed by atoms with Crippen LogP contribution in [0, 0.1) is 0 Å². The molecular formula is C16H32O9. The van der Waals surface area contributed by atoms with Gasteiger partial charge in [-0.15, -0.1) is 0 Å². The van der Waals surface area contributed by atoms with Gasteiger partial charge in [-0.25, -0.2) is 4.79 Å². The third kappa shape index (κ3) is 21.1. The fourth-order valence-electron chi connectivity index (χ4n) is 1.52. The van der Waals surface area contributed by atoms with E-state index in [9.17, 15) is 4.79 Å². The minimum atomic E-state index is -0.369. The van der Waals surface area contributed by atoms with Gasteiger partial charge < -0.3 is 38.3 Å². The number of carbonyl (C=O) groups excluding carboxylic acids is 1. The Morgan fingerprint density at radius 1 is 0.640 bits per heavy atom. The average molecular weight is 368 g/mol. The lowest BCUT2D eigenvalue weighted by Gasteiger charge is -2.08. The first-order chi connectivity index (χ1) is 12.3. The molecule has 0 saturated carbocycles. The molecule has 1 N–H and O–H groups in total. The van der Waals surface area contributed by atoms with Crippen molar-refractivity contribution in [2.45, 2.75) is 6.92 Å². The number of ether oxygens (including phenoxy) is 7. The molecule has 9 nitrogen and oxygen atoms in total. The largest absolute Gasteiger partial charge is 0.464 e. The van der Waals surface area contributed by atoms with E-state index in [0.29, 0.717) is 79.3 Å². The minimum absolute atomic E-state index is 0.0252. The lowest BCUT2D eigenvalue weighted by atomic mass is 10.6. The first-order valence-corrected chi connectivity index (χ1v) is 8.54. The maximum absolute atomic E-state index is 11.0. The topological polar surface area (TPSA) is 102 Å². The van der Waals surface area contributed by atoms with Crippen molar-refractivity contribution in [2.24, 2.45) is 0 Å². The number of aliphatic hydroxyl groups excluding tert-OH is 1. The highest BCUT2D eigenvalue weighted by Crippen LogP contribution is 1.85. The first kappa shape index (κ1) is 24.2. The summed E-state index contributed by atoms with van der Waals surface area (Å²) in [7, 11) is 0. The Kier molecular flexibility index (Phi) is 20.5.